The molecular formula is C16H20N2O4S. The van der Waals surface area contributed by atoms with E-state index in [0.717, 1.165) is 11.3 Å². The van der Waals surface area contributed by atoms with E-state index in [0.29, 0.717) is 13.0 Å². The van der Waals surface area contributed by atoms with Gasteiger partial charge in [-0.25, -0.2) is 8.42 Å². The highest BCUT2D eigenvalue weighted by atomic mass is 32.2. The van der Waals surface area contributed by atoms with Gasteiger partial charge in [-0.15, -0.1) is 0 Å². The summed E-state index contributed by atoms with van der Waals surface area (Å²) in [4.78, 5) is 26.1. The number of sulfone groups is 1. The first-order chi connectivity index (χ1) is 10.8. The maximum atomic E-state index is 12.3. The standard InChI is InChI=1S/C16H20N2O4S/c1-11-2-4-14(5-3-11)18-9-12(8-15(18)19)16(20)17-13-6-7-23(21,22)10-13/h2-5,12-13H,6-10H2,1H3,(H,17,20). The van der Waals surface area contributed by atoms with Crippen LogP contribution in [0.4, 0.5) is 5.69 Å². The first-order valence-corrected chi connectivity index (χ1v) is 9.54. The van der Waals surface area contributed by atoms with Crippen LogP contribution < -0.4 is 10.2 Å². The van der Waals surface area contributed by atoms with Crippen molar-refractivity contribution >= 4 is 27.3 Å². The third-order valence-corrected chi connectivity index (χ3v) is 6.19. The molecule has 0 aliphatic carbocycles. The van der Waals surface area contributed by atoms with Gasteiger partial charge in [0.1, 0.15) is 0 Å². The second-order valence-electron chi connectivity index (χ2n) is 6.35. The van der Waals surface area contributed by atoms with Gasteiger partial charge in [0, 0.05) is 24.7 Å². The quantitative estimate of drug-likeness (QED) is 0.878. The molecule has 0 saturated carbocycles. The van der Waals surface area contributed by atoms with E-state index in [2.05, 4.69) is 5.32 Å². The molecule has 1 N–H and O–H groups in total. The fourth-order valence-electron chi connectivity index (χ4n) is 3.09. The van der Waals surface area contributed by atoms with Crippen LogP contribution in [0.15, 0.2) is 24.3 Å². The fraction of sp³-hybridized carbons (Fsp3) is 0.500. The van der Waals surface area contributed by atoms with Crippen molar-refractivity contribution in [3.63, 3.8) is 0 Å². The average Bonchev–Trinajstić information content (AvgIpc) is 3.03. The molecule has 1 aromatic rings. The zero-order chi connectivity index (χ0) is 16.6. The van der Waals surface area contributed by atoms with Crippen LogP contribution in [0.1, 0.15) is 18.4 Å². The highest BCUT2D eigenvalue weighted by Gasteiger charge is 2.37. The van der Waals surface area contributed by atoms with Crippen molar-refractivity contribution in [2.75, 3.05) is 23.0 Å². The van der Waals surface area contributed by atoms with Gasteiger partial charge in [0.05, 0.1) is 17.4 Å². The number of anilines is 1. The van der Waals surface area contributed by atoms with Gasteiger partial charge in [0.25, 0.3) is 0 Å². The van der Waals surface area contributed by atoms with E-state index in [1.54, 1.807) is 4.90 Å². The lowest BCUT2D eigenvalue weighted by Gasteiger charge is -2.18. The molecular weight excluding hydrogens is 316 g/mol. The van der Waals surface area contributed by atoms with Gasteiger partial charge in [-0.3, -0.25) is 9.59 Å². The number of nitrogens with zero attached hydrogens (tertiary/aromatic N) is 1. The largest absolute Gasteiger partial charge is 0.352 e. The molecule has 0 bridgehead atoms. The maximum absolute atomic E-state index is 12.3. The van der Waals surface area contributed by atoms with Crippen molar-refractivity contribution in [2.45, 2.75) is 25.8 Å². The molecule has 0 aromatic heterocycles. The Bertz CT molecular complexity index is 727. The Kier molecular flexibility index (Phi) is 4.14. The molecule has 2 atom stereocenters. The normalized spacial score (nSPS) is 26.5. The van der Waals surface area contributed by atoms with Crippen LogP contribution >= 0.6 is 0 Å². The summed E-state index contributed by atoms with van der Waals surface area (Å²) in [5.74, 6) is -0.604. The summed E-state index contributed by atoms with van der Waals surface area (Å²) in [5, 5.41) is 2.78. The second kappa shape index (κ2) is 5.96. The molecule has 0 spiro atoms. The number of benzene rings is 1. The lowest BCUT2D eigenvalue weighted by molar-refractivity contribution is -0.126. The zero-order valence-corrected chi connectivity index (χ0v) is 13.8. The number of rotatable bonds is 3. The van der Waals surface area contributed by atoms with Crippen LogP contribution in [0.3, 0.4) is 0 Å². The highest BCUT2D eigenvalue weighted by Crippen LogP contribution is 2.26. The van der Waals surface area contributed by atoms with Gasteiger partial charge < -0.3 is 10.2 Å². The molecule has 2 fully saturated rings. The van der Waals surface area contributed by atoms with Gasteiger partial charge in [-0.1, -0.05) is 17.7 Å². The summed E-state index contributed by atoms with van der Waals surface area (Å²) in [5.41, 5.74) is 1.90. The molecule has 23 heavy (non-hydrogen) atoms. The van der Waals surface area contributed by atoms with Crippen molar-refractivity contribution < 1.29 is 18.0 Å². The number of hydrogen-bond acceptors (Lipinski definition) is 4. The SMILES string of the molecule is Cc1ccc(N2CC(C(=O)NC3CCS(=O)(=O)C3)CC2=O)cc1. The minimum atomic E-state index is -3.03. The number of amides is 2. The van der Waals surface area contributed by atoms with E-state index < -0.39 is 15.8 Å². The van der Waals surface area contributed by atoms with E-state index in [-0.39, 0.29) is 35.8 Å². The maximum Gasteiger partial charge on any atom is 0.227 e. The number of carbonyl (C=O) groups excluding carboxylic acids is 2. The fourth-order valence-corrected chi connectivity index (χ4v) is 4.76. The van der Waals surface area contributed by atoms with Gasteiger partial charge >= 0.3 is 0 Å². The van der Waals surface area contributed by atoms with E-state index in [1.807, 2.05) is 31.2 Å². The van der Waals surface area contributed by atoms with Crippen molar-refractivity contribution in [3.8, 4) is 0 Å². The summed E-state index contributed by atoms with van der Waals surface area (Å²) in [6.45, 7) is 2.31. The van der Waals surface area contributed by atoms with Crippen molar-refractivity contribution in [1.82, 2.24) is 5.32 Å². The molecule has 2 heterocycles. The molecule has 1 aromatic carbocycles. The van der Waals surface area contributed by atoms with Crippen molar-refractivity contribution in [3.05, 3.63) is 29.8 Å². The molecule has 3 rings (SSSR count). The van der Waals surface area contributed by atoms with E-state index >= 15 is 0 Å². The van der Waals surface area contributed by atoms with Gasteiger partial charge in [-0.2, -0.15) is 0 Å². The Labute approximate surface area is 135 Å². The Balaban J connectivity index is 1.63. The molecule has 6 nitrogen and oxygen atoms in total. The predicted molar refractivity (Wildman–Crippen MR) is 86.8 cm³/mol. The summed E-state index contributed by atoms with van der Waals surface area (Å²) in [6.07, 6.45) is 0.621. The zero-order valence-electron chi connectivity index (χ0n) is 13.0. The Morgan fingerprint density at radius 2 is 1.96 bits per heavy atom. The van der Waals surface area contributed by atoms with Crippen LogP contribution in [0.2, 0.25) is 0 Å². The summed E-state index contributed by atoms with van der Waals surface area (Å²) in [7, 11) is -3.03. The van der Waals surface area contributed by atoms with E-state index in [1.165, 1.54) is 0 Å². The average molecular weight is 336 g/mol. The van der Waals surface area contributed by atoms with Gasteiger partial charge in [0.2, 0.25) is 11.8 Å². The molecule has 2 aliphatic heterocycles. The van der Waals surface area contributed by atoms with Crippen LogP contribution in [0, 0.1) is 12.8 Å². The Morgan fingerprint density at radius 1 is 1.26 bits per heavy atom. The third kappa shape index (κ3) is 3.55. The molecule has 2 saturated heterocycles. The monoisotopic (exact) mass is 336 g/mol. The van der Waals surface area contributed by atoms with Crippen LogP contribution in [-0.2, 0) is 19.4 Å². The summed E-state index contributed by atoms with van der Waals surface area (Å²) in [6, 6.07) is 7.28. The molecule has 2 amide bonds. The lowest BCUT2D eigenvalue weighted by Crippen LogP contribution is -2.40. The van der Waals surface area contributed by atoms with Gasteiger partial charge in [-0.05, 0) is 25.5 Å². The molecule has 0 radical (unpaired) electrons. The van der Waals surface area contributed by atoms with Crippen LogP contribution in [-0.4, -0.2) is 44.3 Å². The molecule has 124 valence electrons. The first kappa shape index (κ1) is 16.0. The van der Waals surface area contributed by atoms with Crippen LogP contribution in [0.25, 0.3) is 0 Å². The number of nitrogens with one attached hydrogen (secondary N) is 1. The van der Waals surface area contributed by atoms with E-state index in [4.69, 9.17) is 0 Å². The third-order valence-electron chi connectivity index (χ3n) is 4.42. The van der Waals surface area contributed by atoms with Crippen LogP contribution in [0.5, 0.6) is 0 Å². The number of carbonyl (C=O) groups is 2. The van der Waals surface area contributed by atoms with E-state index in [9.17, 15) is 18.0 Å². The summed E-state index contributed by atoms with van der Waals surface area (Å²) < 4.78 is 22.9. The second-order valence-corrected chi connectivity index (χ2v) is 8.58. The Hall–Kier alpha value is -1.89. The predicted octanol–water partition coefficient (Wildman–Crippen LogP) is 0.651. The minimum absolute atomic E-state index is 0.00107. The lowest BCUT2D eigenvalue weighted by atomic mass is 10.1. The van der Waals surface area contributed by atoms with Crippen molar-refractivity contribution in [2.24, 2.45) is 5.92 Å². The smallest absolute Gasteiger partial charge is 0.227 e. The molecule has 2 aliphatic rings. The Morgan fingerprint density at radius 3 is 2.57 bits per heavy atom. The van der Waals surface area contributed by atoms with Gasteiger partial charge in [0.15, 0.2) is 9.84 Å². The minimum Gasteiger partial charge on any atom is -0.352 e. The molecule has 2 unspecified atom stereocenters. The number of aryl methyl sites for hydroxylation is 1. The van der Waals surface area contributed by atoms with Crippen molar-refractivity contribution in [1.29, 1.82) is 0 Å². The topological polar surface area (TPSA) is 83.6 Å². The number of hydrogen-bond donors (Lipinski definition) is 1. The first-order valence-electron chi connectivity index (χ1n) is 7.72. The highest BCUT2D eigenvalue weighted by molar-refractivity contribution is 7.91. The summed E-state index contributed by atoms with van der Waals surface area (Å²) >= 11 is 0. The molecule has 7 heteroatoms.